The van der Waals surface area contributed by atoms with Crippen molar-refractivity contribution in [1.29, 1.82) is 0 Å². The smallest absolute Gasteiger partial charge is 0.343 e. The minimum absolute atomic E-state index is 0.275. The molecule has 1 atom stereocenters. The van der Waals surface area contributed by atoms with Crippen molar-refractivity contribution in [3.8, 4) is 5.75 Å². The van der Waals surface area contributed by atoms with Crippen LogP contribution in [0.15, 0.2) is 18.2 Å². The second-order valence-electron chi connectivity index (χ2n) is 3.84. The Labute approximate surface area is 95.4 Å². The molecular formula is C13H16O3. The summed E-state index contributed by atoms with van der Waals surface area (Å²) in [6, 6.07) is 5.84. The molecule has 1 aromatic carbocycles. The van der Waals surface area contributed by atoms with Crippen LogP contribution in [0, 0.1) is 0 Å². The van der Waals surface area contributed by atoms with Crippen LogP contribution in [0.1, 0.15) is 25.0 Å². The van der Waals surface area contributed by atoms with Gasteiger partial charge in [0.05, 0.1) is 6.61 Å². The third-order valence-electron chi connectivity index (χ3n) is 2.77. The zero-order valence-electron chi connectivity index (χ0n) is 9.66. The summed E-state index contributed by atoms with van der Waals surface area (Å²) in [7, 11) is 0. The zero-order chi connectivity index (χ0) is 11.5. The number of epoxide rings is 1. The fourth-order valence-corrected chi connectivity index (χ4v) is 1.80. The van der Waals surface area contributed by atoms with E-state index >= 15 is 0 Å². The monoisotopic (exact) mass is 220 g/mol. The highest BCUT2D eigenvalue weighted by molar-refractivity contribution is 5.79. The molecule has 2 rings (SSSR count). The van der Waals surface area contributed by atoms with Gasteiger partial charge >= 0.3 is 5.97 Å². The van der Waals surface area contributed by atoms with E-state index in [-0.39, 0.29) is 12.1 Å². The third kappa shape index (κ3) is 2.25. The third-order valence-corrected chi connectivity index (χ3v) is 2.77. The summed E-state index contributed by atoms with van der Waals surface area (Å²) in [5.41, 5.74) is 2.36. The Kier molecular flexibility index (Phi) is 3.25. The van der Waals surface area contributed by atoms with Gasteiger partial charge in [0.25, 0.3) is 0 Å². The molecule has 3 nitrogen and oxygen atoms in total. The number of rotatable bonds is 4. The summed E-state index contributed by atoms with van der Waals surface area (Å²) in [6.07, 6.45) is 1.49. The molecule has 0 amide bonds. The molecule has 0 bridgehead atoms. The molecule has 1 unspecified atom stereocenters. The Morgan fingerprint density at radius 3 is 2.75 bits per heavy atom. The Morgan fingerprint density at radius 2 is 2.19 bits per heavy atom. The highest BCUT2D eigenvalue weighted by Crippen LogP contribution is 2.25. The summed E-state index contributed by atoms with van der Waals surface area (Å²) in [6.45, 7) is 4.66. The van der Waals surface area contributed by atoms with E-state index in [0.717, 1.165) is 18.4 Å². The van der Waals surface area contributed by atoms with Crippen molar-refractivity contribution in [3.63, 3.8) is 0 Å². The van der Waals surface area contributed by atoms with Gasteiger partial charge in [-0.1, -0.05) is 26.0 Å². The number of hydrogen-bond donors (Lipinski definition) is 0. The molecule has 16 heavy (non-hydrogen) atoms. The van der Waals surface area contributed by atoms with E-state index in [2.05, 4.69) is 19.9 Å². The second kappa shape index (κ2) is 4.66. The summed E-state index contributed by atoms with van der Waals surface area (Å²) in [4.78, 5) is 11.5. The largest absolute Gasteiger partial charge is 0.424 e. The van der Waals surface area contributed by atoms with Crippen molar-refractivity contribution in [3.05, 3.63) is 29.3 Å². The number of benzene rings is 1. The highest BCUT2D eigenvalue weighted by atomic mass is 16.6. The van der Waals surface area contributed by atoms with Gasteiger partial charge in [-0.15, -0.1) is 0 Å². The van der Waals surface area contributed by atoms with Gasteiger partial charge in [0, 0.05) is 0 Å². The first-order valence-corrected chi connectivity index (χ1v) is 5.70. The van der Waals surface area contributed by atoms with E-state index in [9.17, 15) is 4.79 Å². The van der Waals surface area contributed by atoms with E-state index in [1.165, 1.54) is 5.56 Å². The molecule has 0 saturated carbocycles. The van der Waals surface area contributed by atoms with Crippen molar-refractivity contribution in [2.45, 2.75) is 32.8 Å². The normalized spacial score (nSPS) is 18.2. The van der Waals surface area contributed by atoms with E-state index in [0.29, 0.717) is 12.4 Å². The number of ether oxygens (including phenoxy) is 2. The molecule has 0 N–H and O–H groups in total. The van der Waals surface area contributed by atoms with Gasteiger partial charge in [-0.3, -0.25) is 0 Å². The van der Waals surface area contributed by atoms with Crippen molar-refractivity contribution in [2.24, 2.45) is 0 Å². The Morgan fingerprint density at radius 1 is 1.44 bits per heavy atom. The van der Waals surface area contributed by atoms with Gasteiger partial charge in [-0.05, 0) is 30.0 Å². The van der Waals surface area contributed by atoms with Crippen LogP contribution in [0.3, 0.4) is 0 Å². The molecule has 1 aromatic rings. The predicted molar refractivity (Wildman–Crippen MR) is 60.6 cm³/mol. The molecule has 86 valence electrons. The average Bonchev–Trinajstić information content (AvgIpc) is 3.12. The van der Waals surface area contributed by atoms with Crippen molar-refractivity contribution in [1.82, 2.24) is 0 Å². The van der Waals surface area contributed by atoms with Crippen LogP contribution in [0.25, 0.3) is 0 Å². The summed E-state index contributed by atoms with van der Waals surface area (Å²) < 4.78 is 10.2. The molecule has 0 spiro atoms. The summed E-state index contributed by atoms with van der Waals surface area (Å²) >= 11 is 0. The lowest BCUT2D eigenvalue weighted by atomic mass is 10.0. The minimum atomic E-state index is -0.338. The van der Waals surface area contributed by atoms with Crippen molar-refractivity contribution in [2.75, 3.05) is 6.61 Å². The van der Waals surface area contributed by atoms with Gasteiger partial charge < -0.3 is 9.47 Å². The number of hydrogen-bond acceptors (Lipinski definition) is 3. The quantitative estimate of drug-likeness (QED) is 0.443. The van der Waals surface area contributed by atoms with E-state index < -0.39 is 0 Å². The zero-order valence-corrected chi connectivity index (χ0v) is 9.66. The molecule has 0 radical (unpaired) electrons. The van der Waals surface area contributed by atoms with E-state index in [1.54, 1.807) is 0 Å². The fourth-order valence-electron chi connectivity index (χ4n) is 1.80. The lowest BCUT2D eigenvalue weighted by Gasteiger charge is -2.11. The number of esters is 1. The molecule has 1 aliphatic rings. The molecule has 1 heterocycles. The molecule has 1 fully saturated rings. The molecule has 0 aromatic heterocycles. The van der Waals surface area contributed by atoms with Crippen LogP contribution in [0.2, 0.25) is 0 Å². The lowest BCUT2D eigenvalue weighted by molar-refractivity contribution is -0.135. The highest BCUT2D eigenvalue weighted by Gasteiger charge is 2.33. The van der Waals surface area contributed by atoms with Crippen LogP contribution in [0.4, 0.5) is 0 Å². The van der Waals surface area contributed by atoms with Crippen LogP contribution in [-0.4, -0.2) is 18.7 Å². The van der Waals surface area contributed by atoms with E-state index in [1.807, 2.05) is 12.1 Å². The number of carbonyl (C=O) groups excluding carboxylic acids is 1. The van der Waals surface area contributed by atoms with Gasteiger partial charge in [-0.2, -0.15) is 0 Å². The topological polar surface area (TPSA) is 38.8 Å². The summed E-state index contributed by atoms with van der Waals surface area (Å²) in [5, 5.41) is 0. The van der Waals surface area contributed by atoms with Gasteiger partial charge in [0.1, 0.15) is 5.75 Å². The van der Waals surface area contributed by atoms with Gasteiger partial charge in [-0.25, -0.2) is 4.79 Å². The standard InChI is InChI=1S/C13H16O3/c1-3-9-6-5-7-11(10(9)4-2)16-13(14)12-8-15-12/h5-7,12H,3-4,8H2,1-2H3. The maximum Gasteiger partial charge on any atom is 0.343 e. The SMILES string of the molecule is CCc1cccc(OC(=O)C2CO2)c1CC. The lowest BCUT2D eigenvalue weighted by Crippen LogP contribution is -2.16. The Balaban J connectivity index is 2.21. The van der Waals surface area contributed by atoms with E-state index in [4.69, 9.17) is 9.47 Å². The number of carbonyl (C=O) groups is 1. The second-order valence-corrected chi connectivity index (χ2v) is 3.84. The molecule has 3 heteroatoms. The Bertz CT molecular complexity index is 394. The minimum Gasteiger partial charge on any atom is -0.424 e. The number of aryl methyl sites for hydroxylation is 1. The van der Waals surface area contributed by atoms with Crippen LogP contribution in [-0.2, 0) is 22.4 Å². The van der Waals surface area contributed by atoms with Gasteiger partial charge in [0.2, 0.25) is 0 Å². The predicted octanol–water partition coefficient (Wildman–Crippen LogP) is 2.12. The van der Waals surface area contributed by atoms with Crippen LogP contribution >= 0.6 is 0 Å². The van der Waals surface area contributed by atoms with Crippen molar-refractivity contribution < 1.29 is 14.3 Å². The molecule has 1 saturated heterocycles. The first-order valence-electron chi connectivity index (χ1n) is 5.70. The first-order chi connectivity index (χ1) is 7.76. The van der Waals surface area contributed by atoms with Crippen molar-refractivity contribution >= 4 is 5.97 Å². The van der Waals surface area contributed by atoms with Gasteiger partial charge in [0.15, 0.2) is 6.10 Å². The summed E-state index contributed by atoms with van der Waals surface area (Å²) in [5.74, 6) is 0.408. The van der Waals surface area contributed by atoms with Crippen LogP contribution < -0.4 is 4.74 Å². The maximum atomic E-state index is 11.5. The molecule has 0 aliphatic carbocycles. The maximum absolute atomic E-state index is 11.5. The molecular weight excluding hydrogens is 204 g/mol. The van der Waals surface area contributed by atoms with Crippen LogP contribution in [0.5, 0.6) is 5.75 Å². The Hall–Kier alpha value is -1.35. The molecule has 1 aliphatic heterocycles. The first kappa shape index (κ1) is 11.1. The average molecular weight is 220 g/mol. The fraction of sp³-hybridized carbons (Fsp3) is 0.462.